The number of fused-ring (bicyclic) bond motifs is 7. The number of nitrogens with zero attached hydrogens (tertiary/aromatic N) is 1. The summed E-state index contributed by atoms with van der Waals surface area (Å²) in [5, 5.41) is 59.5. The summed E-state index contributed by atoms with van der Waals surface area (Å²) in [6.07, 6.45) is 17.5. The Morgan fingerprint density at radius 2 is 1.66 bits per heavy atom. The SMILES string of the molecule is NC1C=CC2=C(N1)n1cc3cc([C@@]45CCOC[C@H]4CCc4ccccc45)cc(c3c1)COc1cc(c(CO)cc1O)CC[C@@H](O)C[C@H](CCCCCCc1ccc(O)c(Cc3cccc(O)c3)c1)OC2. The molecule has 6 aromatic rings. The third kappa shape index (κ3) is 10.2. The molecule has 8 N–H and O–H groups in total. The molecule has 0 spiro atoms. The standard InChI is InChI=1S/C59H67N3O8/c60-57-21-17-42-35-69-51(12-4-2-1-3-8-38-14-20-54(66)43(24-38)25-39-9-7-11-49(64)26-39)31-50(65)19-16-41-30-56(55(67)29-45(41)34-63)70-36-46-28-48(27-44-32-62(33-52(44)46)58(42)61-57)59-22-23-68-37-47(59)18-15-40-10-5-6-13-53(40)59/h5-7,9-11,13-14,17,20-21,24,26-30,32-33,47,50-51,57,61,63-67H,1-4,8,12,15-16,18-19,22-23,25,31,34-37,60H2/t47-,50-,51+,57?,59-/m1/s1. The number of rotatable bonds is 11. The van der Waals surface area contributed by atoms with Crippen LogP contribution in [0.4, 0.5) is 0 Å². The predicted molar refractivity (Wildman–Crippen MR) is 273 cm³/mol. The molecule has 0 saturated carbocycles. The molecule has 1 aromatic heterocycles. The summed E-state index contributed by atoms with van der Waals surface area (Å²) in [5.41, 5.74) is 16.7. The van der Waals surface area contributed by atoms with Crippen molar-refractivity contribution in [1.82, 2.24) is 9.88 Å². The van der Waals surface area contributed by atoms with Gasteiger partial charge in [0.1, 0.15) is 23.9 Å². The van der Waals surface area contributed by atoms with Gasteiger partial charge in [0.15, 0.2) is 11.5 Å². The van der Waals surface area contributed by atoms with Gasteiger partial charge in [0, 0.05) is 47.2 Å². The van der Waals surface area contributed by atoms with E-state index in [1.165, 1.54) is 22.3 Å². The van der Waals surface area contributed by atoms with E-state index in [4.69, 9.17) is 19.9 Å². The van der Waals surface area contributed by atoms with E-state index in [1.807, 2.05) is 30.3 Å². The molecular formula is C59H67N3O8. The van der Waals surface area contributed by atoms with Gasteiger partial charge in [-0.25, -0.2) is 0 Å². The van der Waals surface area contributed by atoms with Gasteiger partial charge in [0.2, 0.25) is 0 Å². The maximum atomic E-state index is 11.6. The number of aromatic nitrogens is 1. The number of aromatic hydroxyl groups is 3. The number of phenolic OH excluding ortho intramolecular Hbond substituents is 3. The van der Waals surface area contributed by atoms with Crippen molar-refractivity contribution in [2.24, 2.45) is 11.7 Å². The van der Waals surface area contributed by atoms with Crippen LogP contribution < -0.4 is 15.8 Å². The van der Waals surface area contributed by atoms with Crippen molar-refractivity contribution in [2.75, 3.05) is 19.8 Å². The lowest BCUT2D eigenvalue weighted by atomic mass is 9.57. The van der Waals surface area contributed by atoms with Crippen LogP contribution in [0.1, 0.15) is 108 Å². The van der Waals surface area contributed by atoms with E-state index in [9.17, 15) is 25.5 Å². The van der Waals surface area contributed by atoms with Gasteiger partial charge >= 0.3 is 0 Å². The molecule has 1 unspecified atom stereocenters. The largest absolute Gasteiger partial charge is 0.508 e. The molecule has 11 nitrogen and oxygen atoms in total. The third-order valence-corrected chi connectivity index (χ3v) is 15.4. The zero-order chi connectivity index (χ0) is 48.2. The number of aryl methyl sites for hydroxylation is 3. The summed E-state index contributed by atoms with van der Waals surface area (Å²) >= 11 is 0. The number of unbranched alkanes of at least 4 members (excludes halogenated alkanes) is 3. The number of hydrogen-bond acceptors (Lipinski definition) is 10. The van der Waals surface area contributed by atoms with Crippen molar-refractivity contribution in [2.45, 2.75) is 120 Å². The molecule has 1 fully saturated rings. The van der Waals surface area contributed by atoms with Crippen LogP contribution in [0, 0.1) is 5.92 Å². The molecule has 0 amide bonds. The molecule has 5 atom stereocenters. The quantitative estimate of drug-likeness (QED) is 0.0621. The topological polar surface area (TPSA) is 172 Å². The van der Waals surface area contributed by atoms with Gasteiger partial charge in [0.25, 0.3) is 0 Å². The Bertz CT molecular complexity index is 2890. The number of phenols is 3. The smallest absolute Gasteiger partial charge is 0.161 e. The second kappa shape index (κ2) is 21.1. The van der Waals surface area contributed by atoms with Gasteiger partial charge in [-0.1, -0.05) is 79.9 Å². The predicted octanol–water partition coefficient (Wildman–Crippen LogP) is 9.58. The summed E-state index contributed by atoms with van der Waals surface area (Å²) < 4.78 is 21.7. The number of aliphatic hydroxyl groups is 2. The molecule has 4 heterocycles. The van der Waals surface area contributed by atoms with Gasteiger partial charge in [-0.2, -0.15) is 0 Å². The van der Waals surface area contributed by atoms with Crippen molar-refractivity contribution in [3.8, 4) is 23.0 Å². The first-order chi connectivity index (χ1) is 34.1. The fraction of sp³-hybridized carbons (Fsp3) is 0.390. The molecule has 1 saturated heterocycles. The van der Waals surface area contributed by atoms with Crippen molar-refractivity contribution in [3.63, 3.8) is 0 Å². The van der Waals surface area contributed by atoms with E-state index >= 15 is 0 Å². The van der Waals surface area contributed by atoms with Crippen LogP contribution in [0.15, 0.2) is 121 Å². The minimum absolute atomic E-state index is 0.0368. The fourth-order valence-electron chi connectivity index (χ4n) is 11.7. The van der Waals surface area contributed by atoms with E-state index in [0.717, 1.165) is 102 Å². The van der Waals surface area contributed by atoms with Gasteiger partial charge in [0.05, 0.1) is 38.2 Å². The third-order valence-electron chi connectivity index (χ3n) is 15.4. The van der Waals surface area contributed by atoms with Crippen LogP contribution in [0.25, 0.3) is 16.6 Å². The van der Waals surface area contributed by atoms with Crippen LogP contribution in [-0.4, -0.2) is 68.3 Å². The van der Waals surface area contributed by atoms with Gasteiger partial charge in [-0.15, -0.1) is 0 Å². The number of benzene rings is 5. The van der Waals surface area contributed by atoms with Crippen LogP contribution in [0.2, 0.25) is 0 Å². The molecule has 11 heteroatoms. The Morgan fingerprint density at radius 1 is 0.786 bits per heavy atom. The average molecular weight is 946 g/mol. The molecule has 70 heavy (non-hydrogen) atoms. The van der Waals surface area contributed by atoms with E-state index in [2.05, 4.69) is 70.8 Å². The fourth-order valence-corrected chi connectivity index (χ4v) is 11.7. The molecule has 10 rings (SSSR count). The first-order valence-corrected chi connectivity index (χ1v) is 25.4. The highest BCUT2D eigenvalue weighted by Gasteiger charge is 2.47. The van der Waals surface area contributed by atoms with Crippen molar-refractivity contribution in [1.29, 1.82) is 0 Å². The number of hydrogen-bond donors (Lipinski definition) is 7. The molecule has 3 aliphatic heterocycles. The lowest BCUT2D eigenvalue weighted by molar-refractivity contribution is 0.00498. The summed E-state index contributed by atoms with van der Waals surface area (Å²) in [5.74, 6) is 1.93. The Labute approximate surface area is 410 Å². The van der Waals surface area contributed by atoms with Crippen molar-refractivity contribution in [3.05, 3.63) is 171 Å². The lowest BCUT2D eigenvalue weighted by Gasteiger charge is -2.49. The number of ether oxygens (including phenoxy) is 3. The Morgan fingerprint density at radius 3 is 2.54 bits per heavy atom. The van der Waals surface area contributed by atoms with E-state index in [1.54, 1.807) is 24.3 Å². The highest BCUT2D eigenvalue weighted by atomic mass is 16.5. The van der Waals surface area contributed by atoms with Gasteiger partial charge in [-0.3, -0.25) is 0 Å². The second-order valence-corrected chi connectivity index (χ2v) is 20.1. The summed E-state index contributed by atoms with van der Waals surface area (Å²) in [4.78, 5) is 0. The zero-order valence-electron chi connectivity index (χ0n) is 40.0. The summed E-state index contributed by atoms with van der Waals surface area (Å²) in [6, 6.07) is 30.0. The van der Waals surface area contributed by atoms with Crippen molar-refractivity contribution >= 4 is 16.6 Å². The van der Waals surface area contributed by atoms with Crippen LogP contribution in [-0.2, 0) is 53.8 Å². The van der Waals surface area contributed by atoms with Crippen molar-refractivity contribution < 1.29 is 39.7 Å². The number of nitrogens with one attached hydrogen (secondary N) is 1. The number of aliphatic hydroxyl groups excluding tert-OH is 2. The lowest BCUT2D eigenvalue weighted by Crippen LogP contribution is -2.47. The van der Waals surface area contributed by atoms with Gasteiger partial charge in [-0.05, 0) is 156 Å². The monoisotopic (exact) mass is 945 g/mol. The average Bonchev–Trinajstić information content (AvgIpc) is 3.81. The second-order valence-electron chi connectivity index (χ2n) is 20.1. The Balaban J connectivity index is 0.925. The Hall–Kier alpha value is -6.08. The molecule has 5 aromatic carbocycles. The molecule has 4 bridgehead atoms. The van der Waals surface area contributed by atoms with E-state index in [0.29, 0.717) is 62.7 Å². The van der Waals surface area contributed by atoms with Crippen LogP contribution in [0.3, 0.4) is 0 Å². The first-order valence-electron chi connectivity index (χ1n) is 25.4. The van der Waals surface area contributed by atoms with Crippen LogP contribution in [0.5, 0.6) is 23.0 Å². The molecule has 0 radical (unpaired) electrons. The minimum Gasteiger partial charge on any atom is -0.508 e. The number of dihydropyridines is 1. The minimum atomic E-state index is -0.667. The van der Waals surface area contributed by atoms with Crippen LogP contribution >= 0.6 is 0 Å². The molecule has 366 valence electrons. The van der Waals surface area contributed by atoms with E-state index < -0.39 is 12.3 Å². The van der Waals surface area contributed by atoms with Gasteiger partial charge < -0.3 is 55.4 Å². The van der Waals surface area contributed by atoms with E-state index in [-0.39, 0.29) is 42.0 Å². The normalized spacial score (nSPS) is 22.6. The Kier molecular flexibility index (Phi) is 14.3. The maximum absolute atomic E-state index is 11.6. The highest BCUT2D eigenvalue weighted by Crippen LogP contribution is 2.52. The maximum Gasteiger partial charge on any atom is 0.161 e. The first kappa shape index (κ1) is 47.6. The zero-order valence-corrected chi connectivity index (χ0v) is 40.0. The summed E-state index contributed by atoms with van der Waals surface area (Å²) in [7, 11) is 0. The summed E-state index contributed by atoms with van der Waals surface area (Å²) in [6.45, 7) is 1.66. The molecule has 1 aliphatic carbocycles. The molecule has 4 aliphatic rings. The highest BCUT2D eigenvalue weighted by molar-refractivity contribution is 5.88. The molecular weight excluding hydrogens is 879 g/mol. The number of nitrogens with two attached hydrogens (primary N) is 1.